The molecule has 0 aliphatic rings. The molecule has 3 nitrogen and oxygen atoms in total. The Morgan fingerprint density at radius 3 is 2.74 bits per heavy atom. The average Bonchev–Trinajstić information content (AvgIpc) is 2.71. The van der Waals surface area contributed by atoms with Gasteiger partial charge in [-0.05, 0) is 17.0 Å². The number of thiazole rings is 1. The predicted octanol–water partition coefficient (Wildman–Crippen LogP) is 3.59. The monoisotopic (exact) mass is 276 g/mol. The molecule has 0 saturated heterocycles. The maximum Gasteiger partial charge on any atom is 0.180 e. The zero-order valence-corrected chi connectivity index (χ0v) is 12.5. The minimum Gasteiger partial charge on any atom is -0.380 e. The van der Waals surface area contributed by atoms with Gasteiger partial charge in [0.25, 0.3) is 0 Å². The molecule has 1 aromatic heterocycles. The number of nitrogens with zero attached hydrogens (tertiary/aromatic N) is 1. The second kappa shape index (κ2) is 6.17. The van der Waals surface area contributed by atoms with Gasteiger partial charge in [-0.3, -0.25) is 0 Å². The quantitative estimate of drug-likeness (QED) is 0.908. The first-order valence-corrected chi connectivity index (χ1v) is 7.23. The third-order valence-electron chi connectivity index (χ3n) is 2.96. The second-order valence-electron chi connectivity index (χ2n) is 4.94. The third kappa shape index (κ3) is 3.55. The number of benzene rings is 1. The van der Waals surface area contributed by atoms with Crippen LogP contribution in [-0.2, 0) is 17.8 Å². The topological polar surface area (TPSA) is 48.1 Å². The highest BCUT2D eigenvalue weighted by atomic mass is 32.1. The van der Waals surface area contributed by atoms with Crippen LogP contribution in [0.4, 0.5) is 5.13 Å². The summed E-state index contributed by atoms with van der Waals surface area (Å²) in [6.07, 6.45) is 0.889. The largest absolute Gasteiger partial charge is 0.380 e. The van der Waals surface area contributed by atoms with Crippen LogP contribution >= 0.6 is 11.3 Å². The van der Waals surface area contributed by atoms with Crippen molar-refractivity contribution < 1.29 is 4.74 Å². The van der Waals surface area contributed by atoms with Gasteiger partial charge in [-0.2, -0.15) is 0 Å². The molecule has 19 heavy (non-hydrogen) atoms. The standard InChI is InChI=1S/C15H20N2OS/c1-10(2)14-13(19-15(16)17-14)8-11-5-4-6-12(7-11)9-18-3/h4-7,10H,8-9H2,1-3H3,(H2,16,17). The van der Waals surface area contributed by atoms with Crippen molar-refractivity contribution in [2.45, 2.75) is 32.8 Å². The fourth-order valence-electron chi connectivity index (χ4n) is 2.14. The van der Waals surface area contributed by atoms with Crippen molar-refractivity contribution in [1.29, 1.82) is 0 Å². The number of hydrogen-bond donors (Lipinski definition) is 1. The Morgan fingerprint density at radius 2 is 2.05 bits per heavy atom. The van der Waals surface area contributed by atoms with Crippen LogP contribution in [-0.4, -0.2) is 12.1 Å². The van der Waals surface area contributed by atoms with Crippen molar-refractivity contribution in [2.75, 3.05) is 12.8 Å². The van der Waals surface area contributed by atoms with Gasteiger partial charge < -0.3 is 10.5 Å². The lowest BCUT2D eigenvalue weighted by Crippen LogP contribution is -1.96. The summed E-state index contributed by atoms with van der Waals surface area (Å²) >= 11 is 1.59. The lowest BCUT2D eigenvalue weighted by atomic mass is 10.0. The van der Waals surface area contributed by atoms with E-state index in [-0.39, 0.29) is 0 Å². The summed E-state index contributed by atoms with van der Waals surface area (Å²) in [4.78, 5) is 5.70. The van der Waals surface area contributed by atoms with E-state index in [1.807, 2.05) is 0 Å². The molecule has 0 saturated carbocycles. The fraction of sp³-hybridized carbons (Fsp3) is 0.400. The molecule has 0 radical (unpaired) electrons. The molecule has 1 heterocycles. The minimum absolute atomic E-state index is 0.408. The summed E-state index contributed by atoms with van der Waals surface area (Å²) in [7, 11) is 1.72. The number of rotatable bonds is 5. The molecule has 102 valence electrons. The van der Waals surface area contributed by atoms with Gasteiger partial charge in [0.2, 0.25) is 0 Å². The first kappa shape index (κ1) is 14.0. The van der Waals surface area contributed by atoms with Crippen LogP contribution < -0.4 is 5.73 Å². The molecular weight excluding hydrogens is 256 g/mol. The van der Waals surface area contributed by atoms with E-state index in [1.165, 1.54) is 16.0 Å². The zero-order valence-electron chi connectivity index (χ0n) is 11.6. The molecule has 0 amide bonds. The zero-order chi connectivity index (χ0) is 13.8. The van der Waals surface area contributed by atoms with Gasteiger partial charge >= 0.3 is 0 Å². The maximum atomic E-state index is 5.84. The summed E-state index contributed by atoms with van der Waals surface area (Å²) in [6.45, 7) is 4.95. The molecule has 0 unspecified atom stereocenters. The Hall–Kier alpha value is -1.39. The van der Waals surface area contributed by atoms with E-state index in [1.54, 1.807) is 18.4 Å². The molecular formula is C15H20N2OS. The van der Waals surface area contributed by atoms with E-state index in [2.05, 4.69) is 43.1 Å². The van der Waals surface area contributed by atoms with Crippen molar-refractivity contribution in [1.82, 2.24) is 4.98 Å². The number of nitrogens with two attached hydrogens (primary N) is 1. The normalized spacial score (nSPS) is 11.2. The Labute approximate surface area is 118 Å². The number of methoxy groups -OCH3 is 1. The molecule has 0 aliphatic carbocycles. The molecule has 0 atom stereocenters. The van der Waals surface area contributed by atoms with E-state index in [0.29, 0.717) is 17.7 Å². The number of nitrogen functional groups attached to an aromatic ring is 1. The van der Waals surface area contributed by atoms with Crippen LogP contribution in [0.2, 0.25) is 0 Å². The van der Waals surface area contributed by atoms with Crippen molar-refractivity contribution in [3.05, 3.63) is 46.0 Å². The smallest absolute Gasteiger partial charge is 0.180 e. The molecule has 0 aliphatic heterocycles. The minimum atomic E-state index is 0.408. The fourth-order valence-corrected chi connectivity index (χ4v) is 3.16. The van der Waals surface area contributed by atoms with Gasteiger partial charge in [-0.1, -0.05) is 38.1 Å². The van der Waals surface area contributed by atoms with Crippen molar-refractivity contribution in [2.24, 2.45) is 0 Å². The molecule has 0 bridgehead atoms. The van der Waals surface area contributed by atoms with Gasteiger partial charge in [0.1, 0.15) is 0 Å². The van der Waals surface area contributed by atoms with Gasteiger partial charge in [-0.15, -0.1) is 11.3 Å². The summed E-state index contributed by atoms with van der Waals surface area (Å²) in [5.74, 6) is 0.408. The molecule has 2 rings (SSSR count). The van der Waals surface area contributed by atoms with E-state index >= 15 is 0 Å². The summed E-state index contributed by atoms with van der Waals surface area (Å²) in [6, 6.07) is 8.48. The first-order chi connectivity index (χ1) is 9.10. The van der Waals surface area contributed by atoms with Gasteiger partial charge in [0, 0.05) is 18.4 Å². The summed E-state index contributed by atoms with van der Waals surface area (Å²) < 4.78 is 5.17. The highest BCUT2D eigenvalue weighted by Crippen LogP contribution is 2.28. The molecule has 2 aromatic rings. The van der Waals surface area contributed by atoms with Crippen molar-refractivity contribution >= 4 is 16.5 Å². The van der Waals surface area contributed by atoms with Crippen molar-refractivity contribution in [3.63, 3.8) is 0 Å². The highest BCUT2D eigenvalue weighted by Gasteiger charge is 2.13. The Kier molecular flexibility index (Phi) is 4.56. The highest BCUT2D eigenvalue weighted by molar-refractivity contribution is 7.15. The number of hydrogen-bond acceptors (Lipinski definition) is 4. The van der Waals surface area contributed by atoms with Crippen LogP contribution in [0.3, 0.4) is 0 Å². The SMILES string of the molecule is COCc1cccc(Cc2sc(N)nc2C(C)C)c1. The average molecular weight is 276 g/mol. The van der Waals surface area contributed by atoms with E-state index in [9.17, 15) is 0 Å². The van der Waals surface area contributed by atoms with Crippen LogP contribution in [0.15, 0.2) is 24.3 Å². The summed E-state index contributed by atoms with van der Waals surface area (Å²) in [5, 5.41) is 0.659. The number of anilines is 1. The molecule has 4 heteroatoms. The number of ether oxygens (including phenoxy) is 1. The van der Waals surface area contributed by atoms with E-state index in [4.69, 9.17) is 10.5 Å². The Morgan fingerprint density at radius 1 is 1.32 bits per heavy atom. The van der Waals surface area contributed by atoms with Gasteiger partial charge in [-0.25, -0.2) is 4.98 Å². The second-order valence-corrected chi connectivity index (χ2v) is 6.06. The van der Waals surface area contributed by atoms with Crippen molar-refractivity contribution in [3.8, 4) is 0 Å². The molecule has 0 spiro atoms. The van der Waals surface area contributed by atoms with E-state index in [0.717, 1.165) is 12.1 Å². The van der Waals surface area contributed by atoms with Crippen LogP contribution in [0.1, 0.15) is 41.5 Å². The Bertz CT molecular complexity index is 549. The lowest BCUT2D eigenvalue weighted by molar-refractivity contribution is 0.185. The third-order valence-corrected chi connectivity index (χ3v) is 3.86. The number of aromatic nitrogens is 1. The maximum absolute atomic E-state index is 5.84. The van der Waals surface area contributed by atoms with E-state index < -0.39 is 0 Å². The summed E-state index contributed by atoms with van der Waals surface area (Å²) in [5.41, 5.74) is 9.44. The first-order valence-electron chi connectivity index (χ1n) is 6.42. The van der Waals surface area contributed by atoms with Crippen LogP contribution in [0.25, 0.3) is 0 Å². The predicted molar refractivity (Wildman–Crippen MR) is 80.6 cm³/mol. The Balaban J connectivity index is 2.23. The lowest BCUT2D eigenvalue weighted by Gasteiger charge is -2.07. The molecule has 1 aromatic carbocycles. The van der Waals surface area contributed by atoms with Gasteiger partial charge in [0.05, 0.1) is 12.3 Å². The van der Waals surface area contributed by atoms with Crippen LogP contribution in [0, 0.1) is 0 Å². The molecule has 0 fully saturated rings. The van der Waals surface area contributed by atoms with Gasteiger partial charge in [0.15, 0.2) is 5.13 Å². The van der Waals surface area contributed by atoms with Crippen LogP contribution in [0.5, 0.6) is 0 Å². The molecule has 2 N–H and O–H groups in total.